The minimum absolute atomic E-state index is 0.131. The van der Waals surface area contributed by atoms with Gasteiger partial charge >= 0.3 is 5.97 Å². The Hall–Kier alpha value is -3.02. The molecular weight excluding hydrogens is 346 g/mol. The summed E-state index contributed by atoms with van der Waals surface area (Å²) in [6.45, 7) is 3.64. The molecule has 2 aromatic rings. The summed E-state index contributed by atoms with van der Waals surface area (Å²) in [6.07, 6.45) is 0.732. The van der Waals surface area contributed by atoms with Gasteiger partial charge in [-0.05, 0) is 31.0 Å². The van der Waals surface area contributed by atoms with Crippen LogP contribution in [-0.4, -0.2) is 32.7 Å². The van der Waals surface area contributed by atoms with Gasteiger partial charge in [0.25, 0.3) is 5.91 Å². The van der Waals surface area contributed by atoms with Gasteiger partial charge in [-0.15, -0.1) is 0 Å². The molecule has 0 aliphatic carbocycles. The van der Waals surface area contributed by atoms with E-state index in [1.807, 2.05) is 38.1 Å². The Labute approximate surface area is 159 Å². The standard InChI is InChI=1S/C21H25NO5/c1-5-19(15-8-6-14(2)7-9-15)22-20(23)13-27-21(24)16-10-17(25-3)12-18(11-16)26-4/h6-12,19H,5,13H2,1-4H3,(H,22,23)/t19-/m0/s1. The Balaban J connectivity index is 1.96. The smallest absolute Gasteiger partial charge is 0.338 e. The van der Waals surface area contributed by atoms with Gasteiger partial charge < -0.3 is 19.5 Å². The second kappa shape index (κ2) is 9.62. The fraction of sp³-hybridized carbons (Fsp3) is 0.333. The van der Waals surface area contributed by atoms with E-state index < -0.39 is 5.97 Å². The highest BCUT2D eigenvalue weighted by atomic mass is 16.5. The maximum absolute atomic E-state index is 12.2. The topological polar surface area (TPSA) is 73.9 Å². The average molecular weight is 371 g/mol. The van der Waals surface area contributed by atoms with Crippen LogP contribution in [-0.2, 0) is 9.53 Å². The molecule has 0 heterocycles. The van der Waals surface area contributed by atoms with Crippen LogP contribution in [0.25, 0.3) is 0 Å². The molecule has 0 radical (unpaired) electrons. The number of benzene rings is 2. The molecule has 0 saturated carbocycles. The van der Waals surface area contributed by atoms with E-state index in [0.717, 1.165) is 17.5 Å². The number of aryl methyl sites for hydroxylation is 1. The first-order valence-electron chi connectivity index (χ1n) is 8.73. The summed E-state index contributed by atoms with van der Waals surface area (Å²) in [5.41, 5.74) is 2.42. The lowest BCUT2D eigenvalue weighted by molar-refractivity contribution is -0.125. The summed E-state index contributed by atoms with van der Waals surface area (Å²) in [7, 11) is 2.99. The summed E-state index contributed by atoms with van der Waals surface area (Å²) in [5, 5.41) is 2.89. The van der Waals surface area contributed by atoms with Crippen LogP contribution in [0, 0.1) is 6.92 Å². The highest BCUT2D eigenvalue weighted by Gasteiger charge is 2.16. The molecule has 0 spiro atoms. The molecule has 1 atom stereocenters. The van der Waals surface area contributed by atoms with Crippen molar-refractivity contribution in [2.24, 2.45) is 0 Å². The molecule has 0 saturated heterocycles. The molecule has 0 aliphatic heterocycles. The Bertz CT molecular complexity index is 763. The zero-order valence-electron chi connectivity index (χ0n) is 16.1. The molecule has 0 aliphatic rings. The minimum atomic E-state index is -0.620. The first kappa shape index (κ1) is 20.3. The fourth-order valence-electron chi connectivity index (χ4n) is 2.60. The van der Waals surface area contributed by atoms with E-state index in [-0.39, 0.29) is 24.1 Å². The molecule has 0 fully saturated rings. The molecule has 0 bridgehead atoms. The number of esters is 1. The van der Waals surface area contributed by atoms with Gasteiger partial charge in [0.15, 0.2) is 6.61 Å². The zero-order valence-corrected chi connectivity index (χ0v) is 16.1. The highest BCUT2D eigenvalue weighted by Crippen LogP contribution is 2.23. The quantitative estimate of drug-likeness (QED) is 0.720. The van der Waals surface area contributed by atoms with E-state index in [1.165, 1.54) is 26.4 Å². The third-order valence-electron chi connectivity index (χ3n) is 4.14. The molecular formula is C21H25NO5. The van der Waals surface area contributed by atoms with Crippen molar-refractivity contribution in [2.45, 2.75) is 26.3 Å². The van der Waals surface area contributed by atoms with Crippen molar-refractivity contribution in [2.75, 3.05) is 20.8 Å². The van der Waals surface area contributed by atoms with Crippen molar-refractivity contribution >= 4 is 11.9 Å². The number of hydrogen-bond donors (Lipinski definition) is 1. The molecule has 144 valence electrons. The molecule has 0 aromatic heterocycles. The van der Waals surface area contributed by atoms with Crippen molar-refractivity contribution in [3.8, 4) is 11.5 Å². The summed E-state index contributed by atoms with van der Waals surface area (Å²) < 4.78 is 15.4. The minimum Gasteiger partial charge on any atom is -0.497 e. The predicted molar refractivity (Wildman–Crippen MR) is 102 cm³/mol. The van der Waals surface area contributed by atoms with Crippen molar-refractivity contribution < 1.29 is 23.8 Å². The fourth-order valence-corrected chi connectivity index (χ4v) is 2.60. The van der Waals surface area contributed by atoms with Crippen molar-refractivity contribution in [3.05, 3.63) is 59.2 Å². The molecule has 2 rings (SSSR count). The van der Waals surface area contributed by atoms with E-state index in [9.17, 15) is 9.59 Å². The van der Waals surface area contributed by atoms with Crippen LogP contribution < -0.4 is 14.8 Å². The van der Waals surface area contributed by atoms with E-state index in [0.29, 0.717) is 11.5 Å². The molecule has 2 aromatic carbocycles. The van der Waals surface area contributed by atoms with Crippen molar-refractivity contribution in [1.29, 1.82) is 0 Å². The summed E-state index contributed by atoms with van der Waals surface area (Å²) in [5.74, 6) is -0.0382. The van der Waals surface area contributed by atoms with E-state index in [1.54, 1.807) is 6.07 Å². The normalized spacial score (nSPS) is 11.4. The number of carbonyl (C=O) groups excluding carboxylic acids is 2. The molecule has 1 N–H and O–H groups in total. The third-order valence-corrected chi connectivity index (χ3v) is 4.14. The number of ether oxygens (including phenoxy) is 3. The molecule has 1 amide bonds. The predicted octanol–water partition coefficient (Wildman–Crippen LogP) is 3.44. The second-order valence-corrected chi connectivity index (χ2v) is 6.12. The van der Waals surface area contributed by atoms with Crippen LogP contribution in [0.3, 0.4) is 0 Å². The van der Waals surface area contributed by atoms with Crippen LogP contribution in [0.1, 0.15) is 40.9 Å². The lowest BCUT2D eigenvalue weighted by Gasteiger charge is -2.17. The van der Waals surface area contributed by atoms with Gasteiger partial charge in [-0.3, -0.25) is 4.79 Å². The van der Waals surface area contributed by atoms with Gasteiger partial charge in [-0.2, -0.15) is 0 Å². The summed E-state index contributed by atoms with van der Waals surface area (Å²) >= 11 is 0. The molecule has 27 heavy (non-hydrogen) atoms. The lowest BCUT2D eigenvalue weighted by atomic mass is 10.0. The van der Waals surface area contributed by atoms with Gasteiger partial charge in [0.2, 0.25) is 0 Å². The van der Waals surface area contributed by atoms with Crippen LogP contribution in [0.2, 0.25) is 0 Å². The van der Waals surface area contributed by atoms with Crippen LogP contribution in [0.4, 0.5) is 0 Å². The molecule has 6 nitrogen and oxygen atoms in total. The van der Waals surface area contributed by atoms with Gasteiger partial charge in [0.05, 0.1) is 25.8 Å². The summed E-state index contributed by atoms with van der Waals surface area (Å²) in [4.78, 5) is 24.4. The van der Waals surface area contributed by atoms with E-state index in [2.05, 4.69) is 5.32 Å². The number of amides is 1. The Morgan fingerprint density at radius 2 is 1.59 bits per heavy atom. The SMILES string of the molecule is CC[C@H](NC(=O)COC(=O)c1cc(OC)cc(OC)c1)c1ccc(C)cc1. The Kier molecular flexibility index (Phi) is 7.23. The highest BCUT2D eigenvalue weighted by molar-refractivity contribution is 5.92. The number of carbonyl (C=O) groups is 2. The van der Waals surface area contributed by atoms with Gasteiger partial charge in [-0.25, -0.2) is 4.79 Å². The molecule has 0 unspecified atom stereocenters. The first-order chi connectivity index (χ1) is 13.0. The second-order valence-electron chi connectivity index (χ2n) is 6.12. The van der Waals surface area contributed by atoms with E-state index >= 15 is 0 Å². The number of methoxy groups -OCH3 is 2. The maximum Gasteiger partial charge on any atom is 0.338 e. The number of hydrogen-bond acceptors (Lipinski definition) is 5. The maximum atomic E-state index is 12.2. The Morgan fingerprint density at radius 3 is 2.11 bits per heavy atom. The van der Waals surface area contributed by atoms with Crippen molar-refractivity contribution in [3.63, 3.8) is 0 Å². The van der Waals surface area contributed by atoms with Gasteiger partial charge in [-0.1, -0.05) is 36.8 Å². The van der Waals surface area contributed by atoms with E-state index in [4.69, 9.17) is 14.2 Å². The van der Waals surface area contributed by atoms with Crippen LogP contribution >= 0.6 is 0 Å². The third kappa shape index (κ3) is 5.74. The van der Waals surface area contributed by atoms with Gasteiger partial charge in [0, 0.05) is 6.07 Å². The zero-order chi connectivity index (χ0) is 19.8. The number of nitrogens with one attached hydrogen (secondary N) is 1. The van der Waals surface area contributed by atoms with Crippen molar-refractivity contribution in [1.82, 2.24) is 5.32 Å². The number of rotatable bonds is 8. The molecule has 6 heteroatoms. The van der Waals surface area contributed by atoms with Crippen LogP contribution in [0.15, 0.2) is 42.5 Å². The average Bonchev–Trinajstić information content (AvgIpc) is 2.70. The lowest BCUT2D eigenvalue weighted by Crippen LogP contribution is -2.32. The summed E-state index contributed by atoms with van der Waals surface area (Å²) in [6, 6.07) is 12.6. The van der Waals surface area contributed by atoms with Gasteiger partial charge in [0.1, 0.15) is 11.5 Å². The van der Waals surface area contributed by atoms with Crippen LogP contribution in [0.5, 0.6) is 11.5 Å². The largest absolute Gasteiger partial charge is 0.497 e. The Morgan fingerprint density at radius 1 is 1.00 bits per heavy atom. The monoisotopic (exact) mass is 371 g/mol. The first-order valence-corrected chi connectivity index (χ1v) is 8.73.